The summed E-state index contributed by atoms with van der Waals surface area (Å²) in [6.07, 6.45) is -5.38. The Morgan fingerprint density at radius 1 is 1.12 bits per heavy atom. The second-order valence-electron chi connectivity index (χ2n) is 12.1. The fourth-order valence-corrected chi connectivity index (χ4v) is 6.14. The molecule has 42 heavy (non-hydrogen) atoms. The maximum Gasteiger partial charge on any atom is 0.471 e. The largest absolute Gasteiger partial charge is 0.471 e. The van der Waals surface area contributed by atoms with E-state index in [1.807, 2.05) is 0 Å². The molecule has 0 aromatic rings. The molecule has 17 heteroatoms. The van der Waals surface area contributed by atoms with Gasteiger partial charge >= 0.3 is 12.1 Å². The van der Waals surface area contributed by atoms with Crippen molar-refractivity contribution in [3.63, 3.8) is 0 Å². The zero-order valence-corrected chi connectivity index (χ0v) is 24.2. The summed E-state index contributed by atoms with van der Waals surface area (Å²) in [4.78, 5) is 52.0. The van der Waals surface area contributed by atoms with Crippen LogP contribution in [0.2, 0.25) is 0 Å². The molecular weight excluding hydrogens is 598 g/mol. The van der Waals surface area contributed by atoms with Crippen molar-refractivity contribution in [1.29, 1.82) is 0 Å². The number of nitrogens with one attached hydrogen (secondary N) is 3. The highest BCUT2D eigenvalue weighted by molar-refractivity contribution is 7.94. The van der Waals surface area contributed by atoms with Crippen molar-refractivity contribution < 1.29 is 53.9 Å². The molecule has 10 nitrogen and oxygen atoms in total. The van der Waals surface area contributed by atoms with E-state index in [2.05, 4.69) is 10.6 Å². The normalized spacial score (nSPS) is 27.7. The van der Waals surface area contributed by atoms with E-state index in [9.17, 15) is 45.2 Å². The standard InChI is InChI=1S/C25H34F6N4O6S/c1-23(2,3)18(34-22(39)25(29,30)31)21(38)35-14-5-6-15(24(27,28)11-14)17(35)20(37)33-13(10-16(26)42(4,40)41)9-12-7-8-32-19(12)36/h10,12-15,17-18H,5-9,11H2,1-4H3,(H,32,36)(H,33,37)(H,34,39)/b16-10+/t12-,13-,14+,15+,17+,18+/m1/s1. The van der Waals surface area contributed by atoms with Gasteiger partial charge in [-0.3, -0.25) is 19.2 Å². The lowest BCUT2D eigenvalue weighted by Crippen LogP contribution is -2.71. The van der Waals surface area contributed by atoms with Crippen LogP contribution in [0.1, 0.15) is 52.9 Å². The molecule has 4 aliphatic rings. The van der Waals surface area contributed by atoms with Gasteiger partial charge in [0, 0.05) is 31.2 Å². The summed E-state index contributed by atoms with van der Waals surface area (Å²) in [6.45, 7) is 4.31. The third kappa shape index (κ3) is 7.37. The third-order valence-electron chi connectivity index (χ3n) is 7.82. The number of halogens is 6. The zero-order valence-electron chi connectivity index (χ0n) is 23.4. The molecule has 2 bridgehead atoms. The lowest BCUT2D eigenvalue weighted by atomic mass is 9.70. The van der Waals surface area contributed by atoms with Crippen LogP contribution in [-0.4, -0.2) is 86.0 Å². The smallest absolute Gasteiger partial charge is 0.356 e. The van der Waals surface area contributed by atoms with Gasteiger partial charge < -0.3 is 20.9 Å². The number of hydrogen-bond acceptors (Lipinski definition) is 6. The summed E-state index contributed by atoms with van der Waals surface area (Å²) in [5.41, 5.74) is -1.35. The summed E-state index contributed by atoms with van der Waals surface area (Å²) in [7, 11) is -4.38. The van der Waals surface area contributed by atoms with E-state index in [1.165, 1.54) is 20.8 Å². The first-order valence-corrected chi connectivity index (χ1v) is 15.2. The molecule has 0 aromatic carbocycles. The van der Waals surface area contributed by atoms with Crippen LogP contribution in [0.5, 0.6) is 0 Å². The van der Waals surface area contributed by atoms with Crippen LogP contribution in [0.3, 0.4) is 0 Å². The van der Waals surface area contributed by atoms with Gasteiger partial charge in [-0.2, -0.15) is 17.6 Å². The topological polar surface area (TPSA) is 142 Å². The first-order valence-electron chi connectivity index (χ1n) is 13.3. The number of nitrogens with zero attached hydrogens (tertiary/aromatic N) is 1. The summed E-state index contributed by atoms with van der Waals surface area (Å²) >= 11 is 0. The number of fused-ring (bicyclic) bond motifs is 3. The maximum absolute atomic E-state index is 15.1. The second-order valence-corrected chi connectivity index (χ2v) is 14.1. The van der Waals surface area contributed by atoms with Gasteiger partial charge in [-0.25, -0.2) is 17.2 Å². The fraction of sp³-hybridized carbons (Fsp3) is 0.760. The van der Waals surface area contributed by atoms with Gasteiger partial charge in [0.2, 0.25) is 32.7 Å². The molecule has 3 aliphatic heterocycles. The predicted octanol–water partition coefficient (Wildman–Crippen LogP) is 1.96. The molecule has 0 radical (unpaired) electrons. The molecule has 238 valence electrons. The third-order valence-corrected chi connectivity index (χ3v) is 8.66. The number of amides is 4. The van der Waals surface area contributed by atoms with E-state index >= 15 is 8.78 Å². The Morgan fingerprint density at radius 3 is 2.21 bits per heavy atom. The molecule has 3 saturated heterocycles. The molecule has 1 saturated carbocycles. The lowest BCUT2D eigenvalue weighted by Gasteiger charge is -2.55. The van der Waals surface area contributed by atoms with Crippen molar-refractivity contribution in [2.24, 2.45) is 17.3 Å². The molecule has 4 rings (SSSR count). The fourth-order valence-electron chi connectivity index (χ4n) is 5.73. The van der Waals surface area contributed by atoms with E-state index in [0.29, 0.717) is 12.3 Å². The lowest BCUT2D eigenvalue weighted by molar-refractivity contribution is -0.197. The second kappa shape index (κ2) is 11.7. The SMILES string of the molecule is CC(C)(C)[C@@H](NC(=O)C(F)(F)F)C(=O)N1[C@H]2CC[C@@H]([C@H]1C(=O)N[C@@H](/C=C(\F)S(C)(=O)=O)C[C@H]1CCNC1=O)C(F)(F)C2. The maximum atomic E-state index is 15.1. The van der Waals surface area contributed by atoms with Crippen molar-refractivity contribution in [3.05, 3.63) is 11.2 Å². The molecule has 0 spiro atoms. The Kier molecular flexibility index (Phi) is 9.36. The minimum atomic E-state index is -5.36. The van der Waals surface area contributed by atoms with Gasteiger partial charge in [0.05, 0.1) is 12.0 Å². The van der Waals surface area contributed by atoms with Gasteiger partial charge in [0.1, 0.15) is 12.1 Å². The van der Waals surface area contributed by atoms with Crippen LogP contribution in [-0.2, 0) is 29.0 Å². The van der Waals surface area contributed by atoms with Gasteiger partial charge in [0.15, 0.2) is 0 Å². The molecule has 6 atom stereocenters. The zero-order chi connectivity index (χ0) is 32.0. The number of sulfone groups is 1. The number of piperidine rings is 2. The number of hydrogen-bond donors (Lipinski definition) is 3. The Bertz CT molecular complexity index is 1250. The van der Waals surface area contributed by atoms with E-state index in [0.717, 1.165) is 4.90 Å². The van der Waals surface area contributed by atoms with Crippen LogP contribution in [0.4, 0.5) is 26.3 Å². The van der Waals surface area contributed by atoms with Crippen molar-refractivity contribution in [2.75, 3.05) is 12.8 Å². The first-order chi connectivity index (χ1) is 19.0. The first kappa shape index (κ1) is 33.6. The molecule has 4 fully saturated rings. The van der Waals surface area contributed by atoms with Crippen LogP contribution >= 0.6 is 0 Å². The van der Waals surface area contributed by atoms with E-state index in [-0.39, 0.29) is 32.2 Å². The van der Waals surface area contributed by atoms with Crippen LogP contribution in [0, 0.1) is 17.3 Å². The minimum Gasteiger partial charge on any atom is -0.356 e. The molecule has 3 heterocycles. The van der Waals surface area contributed by atoms with Crippen molar-refractivity contribution in [2.45, 2.75) is 89.1 Å². The van der Waals surface area contributed by atoms with Crippen LogP contribution in [0.25, 0.3) is 0 Å². The Balaban J connectivity index is 2.00. The van der Waals surface area contributed by atoms with Crippen molar-refractivity contribution in [3.8, 4) is 0 Å². The van der Waals surface area contributed by atoms with Crippen molar-refractivity contribution >= 4 is 33.5 Å². The summed E-state index contributed by atoms with van der Waals surface area (Å²) in [5, 5.41) is 4.81. The van der Waals surface area contributed by atoms with Gasteiger partial charge in [-0.05, 0) is 37.2 Å². The Labute approximate surface area is 238 Å². The molecular formula is C25H34F6N4O6S. The van der Waals surface area contributed by atoms with Crippen molar-refractivity contribution in [1.82, 2.24) is 20.9 Å². The number of rotatable bonds is 8. The molecule has 1 aliphatic carbocycles. The summed E-state index contributed by atoms with van der Waals surface area (Å²) in [6, 6.07) is -6.56. The minimum absolute atomic E-state index is 0.00808. The average Bonchev–Trinajstić information content (AvgIpc) is 3.22. The van der Waals surface area contributed by atoms with E-state index < -0.39 is 98.6 Å². The highest BCUT2D eigenvalue weighted by Gasteiger charge is 2.61. The Morgan fingerprint density at radius 2 is 1.74 bits per heavy atom. The van der Waals surface area contributed by atoms with Crippen LogP contribution in [0.15, 0.2) is 11.2 Å². The number of carbonyl (C=O) groups is 4. The van der Waals surface area contributed by atoms with E-state index in [4.69, 9.17) is 0 Å². The summed E-state index contributed by atoms with van der Waals surface area (Å²) in [5.74, 6) is -11.3. The molecule has 3 N–H and O–H groups in total. The van der Waals surface area contributed by atoms with Crippen LogP contribution < -0.4 is 16.0 Å². The summed E-state index contributed by atoms with van der Waals surface area (Å²) < 4.78 is 107. The van der Waals surface area contributed by atoms with Gasteiger partial charge in [-0.1, -0.05) is 20.8 Å². The van der Waals surface area contributed by atoms with Gasteiger partial charge in [0.25, 0.3) is 5.92 Å². The highest BCUT2D eigenvalue weighted by Crippen LogP contribution is 2.49. The monoisotopic (exact) mass is 632 g/mol. The average molecular weight is 633 g/mol. The highest BCUT2D eigenvalue weighted by atomic mass is 32.2. The predicted molar refractivity (Wildman–Crippen MR) is 136 cm³/mol. The Hall–Kier alpha value is -2.85. The van der Waals surface area contributed by atoms with Gasteiger partial charge in [-0.15, -0.1) is 0 Å². The molecule has 4 amide bonds. The molecule has 0 unspecified atom stereocenters. The number of alkyl halides is 5. The van der Waals surface area contributed by atoms with E-state index in [1.54, 1.807) is 5.32 Å². The molecule has 0 aromatic heterocycles. The number of carbonyl (C=O) groups excluding carboxylic acids is 4. The quantitative estimate of drug-likeness (QED) is 0.350.